The molecule has 86 valence electrons. The van der Waals surface area contributed by atoms with Crippen LogP contribution in [-0.2, 0) is 4.79 Å². The van der Waals surface area contributed by atoms with Gasteiger partial charge in [0.25, 0.3) is 0 Å². The summed E-state index contributed by atoms with van der Waals surface area (Å²) in [6, 6.07) is 4.55. The van der Waals surface area contributed by atoms with Gasteiger partial charge >= 0.3 is 0 Å². The van der Waals surface area contributed by atoms with Crippen LogP contribution in [0.3, 0.4) is 0 Å². The molecular formula is C11H13FN2OS. The van der Waals surface area contributed by atoms with E-state index in [1.807, 2.05) is 0 Å². The smallest absolute Gasteiger partial charge is 0.240 e. The fraction of sp³-hybridized carbons (Fsp3) is 0.364. The maximum absolute atomic E-state index is 13.0. The van der Waals surface area contributed by atoms with Crippen LogP contribution < -0.4 is 10.2 Å². The highest BCUT2D eigenvalue weighted by molar-refractivity contribution is 7.99. The van der Waals surface area contributed by atoms with Crippen LogP contribution in [0.1, 0.15) is 0 Å². The van der Waals surface area contributed by atoms with Crippen molar-refractivity contribution in [2.45, 2.75) is 4.90 Å². The number of nitrogens with one attached hydrogen (secondary N) is 1. The van der Waals surface area contributed by atoms with Gasteiger partial charge < -0.3 is 10.2 Å². The van der Waals surface area contributed by atoms with E-state index in [0.29, 0.717) is 13.1 Å². The van der Waals surface area contributed by atoms with Gasteiger partial charge in [0.1, 0.15) is 5.82 Å². The lowest BCUT2D eigenvalue weighted by molar-refractivity contribution is -0.117. The Morgan fingerprint density at radius 3 is 3.19 bits per heavy atom. The van der Waals surface area contributed by atoms with Gasteiger partial charge in [-0.05, 0) is 25.2 Å². The number of fused-ring (bicyclic) bond motifs is 1. The number of halogens is 1. The number of likely N-dealkylation sites (N-methyl/N-ethyl adjacent to an activating group) is 1. The van der Waals surface area contributed by atoms with E-state index in [9.17, 15) is 9.18 Å². The van der Waals surface area contributed by atoms with Crippen molar-refractivity contribution in [3.8, 4) is 0 Å². The normalized spacial score (nSPS) is 14.8. The second-order valence-electron chi connectivity index (χ2n) is 3.54. The lowest BCUT2D eigenvalue weighted by Crippen LogP contribution is -2.40. The molecule has 0 saturated heterocycles. The number of hydrogen-bond acceptors (Lipinski definition) is 3. The minimum Gasteiger partial charge on any atom is -0.311 e. The van der Waals surface area contributed by atoms with E-state index < -0.39 is 0 Å². The number of carbonyl (C=O) groups excluding carboxylic acids is 1. The molecule has 2 rings (SSSR count). The molecule has 0 saturated carbocycles. The van der Waals surface area contributed by atoms with Gasteiger partial charge in [-0.3, -0.25) is 4.79 Å². The molecule has 3 nitrogen and oxygen atoms in total. The molecule has 1 heterocycles. The van der Waals surface area contributed by atoms with Crippen LogP contribution in [0.2, 0.25) is 0 Å². The van der Waals surface area contributed by atoms with E-state index in [2.05, 4.69) is 5.32 Å². The van der Waals surface area contributed by atoms with Crippen molar-refractivity contribution in [1.82, 2.24) is 5.32 Å². The van der Waals surface area contributed by atoms with E-state index in [-0.39, 0.29) is 11.7 Å². The van der Waals surface area contributed by atoms with E-state index in [1.165, 1.54) is 12.1 Å². The highest BCUT2D eigenvalue weighted by Crippen LogP contribution is 2.34. The third kappa shape index (κ3) is 2.20. The van der Waals surface area contributed by atoms with Gasteiger partial charge in [-0.1, -0.05) is 0 Å². The molecule has 1 aliphatic rings. The van der Waals surface area contributed by atoms with E-state index >= 15 is 0 Å². The van der Waals surface area contributed by atoms with Crippen molar-refractivity contribution in [1.29, 1.82) is 0 Å². The molecule has 0 aliphatic carbocycles. The van der Waals surface area contributed by atoms with Crippen molar-refractivity contribution in [2.24, 2.45) is 0 Å². The Kier molecular flexibility index (Phi) is 3.46. The molecule has 0 spiro atoms. The number of benzene rings is 1. The van der Waals surface area contributed by atoms with Crippen LogP contribution in [-0.4, -0.2) is 31.8 Å². The van der Waals surface area contributed by atoms with Crippen LogP contribution in [0, 0.1) is 5.82 Å². The molecule has 1 aromatic carbocycles. The van der Waals surface area contributed by atoms with Crippen molar-refractivity contribution in [2.75, 3.05) is 30.8 Å². The van der Waals surface area contributed by atoms with Gasteiger partial charge in [0.15, 0.2) is 0 Å². The number of anilines is 1. The van der Waals surface area contributed by atoms with Crippen molar-refractivity contribution < 1.29 is 9.18 Å². The van der Waals surface area contributed by atoms with Gasteiger partial charge in [0.2, 0.25) is 5.91 Å². The first-order valence-electron chi connectivity index (χ1n) is 5.09. The van der Waals surface area contributed by atoms with Crippen molar-refractivity contribution in [3.05, 3.63) is 24.0 Å². The molecule has 5 heteroatoms. The monoisotopic (exact) mass is 240 g/mol. The number of hydrogen-bond donors (Lipinski definition) is 1. The molecule has 1 aliphatic heterocycles. The molecular weight excluding hydrogens is 227 g/mol. The summed E-state index contributed by atoms with van der Waals surface area (Å²) in [6.45, 7) is 0.991. The Hall–Kier alpha value is -1.07. The number of thioether (sulfide) groups is 1. The molecule has 1 amide bonds. The standard InChI is InChI=1S/C11H13FN2OS/c1-13-7-11(15)14-4-5-16-10-6-8(12)2-3-9(10)14/h2-3,6,13H,4-5,7H2,1H3. The minimum atomic E-state index is -0.255. The van der Waals surface area contributed by atoms with Gasteiger partial charge in [-0.25, -0.2) is 4.39 Å². The SMILES string of the molecule is CNCC(=O)N1CCSc2cc(F)ccc21. The fourth-order valence-corrected chi connectivity index (χ4v) is 2.72. The topological polar surface area (TPSA) is 32.3 Å². The molecule has 0 aromatic heterocycles. The van der Waals surface area contributed by atoms with Crippen LogP contribution in [0.15, 0.2) is 23.1 Å². The zero-order valence-corrected chi connectivity index (χ0v) is 9.81. The Morgan fingerprint density at radius 1 is 1.62 bits per heavy atom. The Morgan fingerprint density at radius 2 is 2.44 bits per heavy atom. The average Bonchev–Trinajstić information content (AvgIpc) is 2.28. The van der Waals surface area contributed by atoms with Crippen LogP contribution in [0.4, 0.5) is 10.1 Å². The third-order valence-corrected chi connectivity index (χ3v) is 3.44. The van der Waals surface area contributed by atoms with Gasteiger partial charge in [0, 0.05) is 17.2 Å². The van der Waals surface area contributed by atoms with Gasteiger partial charge in [-0.2, -0.15) is 0 Å². The Bertz CT molecular complexity index is 411. The summed E-state index contributed by atoms with van der Waals surface area (Å²) in [6.07, 6.45) is 0. The summed E-state index contributed by atoms with van der Waals surface area (Å²) in [5.41, 5.74) is 0.818. The summed E-state index contributed by atoms with van der Waals surface area (Å²) >= 11 is 1.59. The molecule has 16 heavy (non-hydrogen) atoms. The van der Waals surface area contributed by atoms with Crippen molar-refractivity contribution in [3.63, 3.8) is 0 Å². The second-order valence-corrected chi connectivity index (χ2v) is 4.67. The van der Waals surface area contributed by atoms with E-state index in [4.69, 9.17) is 0 Å². The highest BCUT2D eigenvalue weighted by atomic mass is 32.2. The average molecular weight is 240 g/mol. The first kappa shape index (κ1) is 11.4. The molecule has 0 radical (unpaired) electrons. The molecule has 0 unspecified atom stereocenters. The molecule has 0 fully saturated rings. The Balaban J connectivity index is 2.29. The van der Waals surface area contributed by atoms with Crippen LogP contribution >= 0.6 is 11.8 Å². The number of carbonyl (C=O) groups is 1. The number of amides is 1. The van der Waals surface area contributed by atoms with Gasteiger partial charge in [-0.15, -0.1) is 11.8 Å². The van der Waals surface area contributed by atoms with Crippen LogP contribution in [0.5, 0.6) is 0 Å². The Labute approximate surface area is 98.0 Å². The zero-order valence-electron chi connectivity index (χ0n) is 9.00. The third-order valence-electron chi connectivity index (χ3n) is 2.41. The zero-order chi connectivity index (χ0) is 11.5. The second kappa shape index (κ2) is 4.84. The predicted molar refractivity (Wildman–Crippen MR) is 63.4 cm³/mol. The molecule has 0 atom stereocenters. The summed E-state index contributed by atoms with van der Waals surface area (Å²) in [4.78, 5) is 14.4. The summed E-state index contributed by atoms with van der Waals surface area (Å²) < 4.78 is 13.0. The fourth-order valence-electron chi connectivity index (χ4n) is 1.70. The van der Waals surface area contributed by atoms with Crippen molar-refractivity contribution >= 4 is 23.4 Å². The lowest BCUT2D eigenvalue weighted by atomic mass is 10.2. The molecule has 1 aromatic rings. The maximum Gasteiger partial charge on any atom is 0.240 e. The minimum absolute atomic E-state index is 0.0238. The molecule has 1 N–H and O–H groups in total. The summed E-state index contributed by atoms with van der Waals surface area (Å²) in [5.74, 6) is 0.580. The van der Waals surface area contributed by atoms with Gasteiger partial charge in [0.05, 0.1) is 12.2 Å². The quantitative estimate of drug-likeness (QED) is 0.850. The first-order chi connectivity index (χ1) is 7.72. The predicted octanol–water partition coefficient (Wildman–Crippen LogP) is 1.48. The highest BCUT2D eigenvalue weighted by Gasteiger charge is 2.22. The lowest BCUT2D eigenvalue weighted by Gasteiger charge is -2.29. The number of nitrogens with zero attached hydrogens (tertiary/aromatic N) is 1. The number of rotatable bonds is 2. The maximum atomic E-state index is 13.0. The summed E-state index contributed by atoms with van der Waals surface area (Å²) in [5, 5.41) is 2.83. The van der Waals surface area contributed by atoms with E-state index in [1.54, 1.807) is 29.8 Å². The molecule has 0 bridgehead atoms. The summed E-state index contributed by atoms with van der Waals surface area (Å²) in [7, 11) is 1.74. The first-order valence-corrected chi connectivity index (χ1v) is 6.08. The van der Waals surface area contributed by atoms with E-state index in [0.717, 1.165) is 16.3 Å². The van der Waals surface area contributed by atoms with Crippen LogP contribution in [0.25, 0.3) is 0 Å². The largest absolute Gasteiger partial charge is 0.311 e.